The molecule has 0 N–H and O–H groups in total. The first-order chi connectivity index (χ1) is 4.45. The van der Waals surface area contributed by atoms with Crippen LogP contribution >= 0.6 is 0 Å². The topological polar surface area (TPSA) is 31.0 Å². The van der Waals surface area contributed by atoms with E-state index < -0.39 is 0 Å². The molecule has 2 aliphatic rings. The SMILES string of the molecule is C1COC(CC2CO2)O1. The minimum atomic E-state index is 0.0255. The van der Waals surface area contributed by atoms with Gasteiger partial charge in [-0.05, 0) is 0 Å². The summed E-state index contributed by atoms with van der Waals surface area (Å²) in [5.74, 6) is 0. The maximum absolute atomic E-state index is 5.20. The van der Waals surface area contributed by atoms with Crippen LogP contribution in [0.1, 0.15) is 6.42 Å². The molecule has 1 atom stereocenters. The molecule has 2 saturated heterocycles. The average molecular weight is 130 g/mol. The Balaban J connectivity index is 1.70. The van der Waals surface area contributed by atoms with Gasteiger partial charge in [0.15, 0.2) is 6.29 Å². The van der Waals surface area contributed by atoms with E-state index in [0.717, 1.165) is 26.2 Å². The molecule has 2 rings (SSSR count). The van der Waals surface area contributed by atoms with Crippen LogP contribution in [0.25, 0.3) is 0 Å². The van der Waals surface area contributed by atoms with Gasteiger partial charge in [0, 0.05) is 6.42 Å². The number of rotatable bonds is 2. The van der Waals surface area contributed by atoms with Gasteiger partial charge < -0.3 is 14.2 Å². The molecule has 0 bridgehead atoms. The lowest BCUT2D eigenvalue weighted by Crippen LogP contribution is -2.10. The Hall–Kier alpha value is -0.120. The fourth-order valence-electron chi connectivity index (χ4n) is 0.962. The van der Waals surface area contributed by atoms with E-state index in [2.05, 4.69) is 0 Å². The van der Waals surface area contributed by atoms with Gasteiger partial charge in [0.05, 0.1) is 25.9 Å². The van der Waals surface area contributed by atoms with Crippen LogP contribution in [-0.4, -0.2) is 32.2 Å². The second kappa shape index (κ2) is 2.25. The van der Waals surface area contributed by atoms with Gasteiger partial charge in [-0.15, -0.1) is 0 Å². The van der Waals surface area contributed by atoms with Gasteiger partial charge in [-0.2, -0.15) is 0 Å². The molecule has 0 aliphatic carbocycles. The minimum Gasteiger partial charge on any atom is -0.373 e. The van der Waals surface area contributed by atoms with E-state index in [-0.39, 0.29) is 6.29 Å². The average Bonchev–Trinajstić information content (AvgIpc) is 2.46. The Kier molecular flexibility index (Phi) is 1.41. The number of hydrogen-bond donors (Lipinski definition) is 0. The minimum absolute atomic E-state index is 0.0255. The quantitative estimate of drug-likeness (QED) is 0.498. The van der Waals surface area contributed by atoms with Crippen LogP contribution in [0.5, 0.6) is 0 Å². The second-order valence-electron chi connectivity index (χ2n) is 2.36. The maximum Gasteiger partial charge on any atom is 0.160 e. The summed E-state index contributed by atoms with van der Waals surface area (Å²) in [5, 5.41) is 0. The van der Waals surface area contributed by atoms with E-state index in [1.54, 1.807) is 0 Å². The number of epoxide rings is 1. The van der Waals surface area contributed by atoms with Crippen molar-refractivity contribution in [3.63, 3.8) is 0 Å². The molecule has 1 unspecified atom stereocenters. The van der Waals surface area contributed by atoms with Crippen LogP contribution in [0.15, 0.2) is 0 Å². The van der Waals surface area contributed by atoms with Crippen LogP contribution < -0.4 is 0 Å². The lowest BCUT2D eigenvalue weighted by Gasteiger charge is -2.04. The first-order valence-electron chi connectivity index (χ1n) is 3.30. The third-order valence-electron chi connectivity index (χ3n) is 1.55. The summed E-state index contributed by atoms with van der Waals surface area (Å²) in [5.41, 5.74) is 0. The molecule has 0 amide bonds. The summed E-state index contributed by atoms with van der Waals surface area (Å²) in [6.07, 6.45) is 1.37. The van der Waals surface area contributed by atoms with Crippen molar-refractivity contribution in [1.29, 1.82) is 0 Å². The molecule has 0 spiro atoms. The molecule has 9 heavy (non-hydrogen) atoms. The van der Waals surface area contributed by atoms with Crippen molar-refractivity contribution in [1.82, 2.24) is 0 Å². The Morgan fingerprint density at radius 1 is 1.11 bits per heavy atom. The molecule has 52 valence electrons. The Labute approximate surface area is 53.9 Å². The summed E-state index contributed by atoms with van der Waals surface area (Å²) in [6.45, 7) is 2.39. The van der Waals surface area contributed by atoms with Crippen molar-refractivity contribution in [2.24, 2.45) is 0 Å². The van der Waals surface area contributed by atoms with Gasteiger partial charge in [0.25, 0.3) is 0 Å². The molecule has 0 aromatic heterocycles. The zero-order valence-corrected chi connectivity index (χ0v) is 5.21. The summed E-state index contributed by atoms with van der Waals surface area (Å²) in [4.78, 5) is 0. The highest BCUT2D eigenvalue weighted by molar-refractivity contribution is 4.71. The molecule has 3 nitrogen and oxygen atoms in total. The zero-order valence-electron chi connectivity index (χ0n) is 5.21. The van der Waals surface area contributed by atoms with Crippen molar-refractivity contribution in [3.8, 4) is 0 Å². The summed E-state index contributed by atoms with van der Waals surface area (Å²) in [6, 6.07) is 0. The molecule has 2 heterocycles. The van der Waals surface area contributed by atoms with E-state index >= 15 is 0 Å². The van der Waals surface area contributed by atoms with Crippen LogP contribution in [0, 0.1) is 0 Å². The third kappa shape index (κ3) is 1.41. The molecule has 0 saturated carbocycles. The van der Waals surface area contributed by atoms with Gasteiger partial charge in [0.1, 0.15) is 0 Å². The third-order valence-corrected chi connectivity index (χ3v) is 1.55. The van der Waals surface area contributed by atoms with E-state index in [0.29, 0.717) is 6.10 Å². The van der Waals surface area contributed by atoms with Gasteiger partial charge >= 0.3 is 0 Å². The maximum atomic E-state index is 5.20. The molecular formula is C6H10O3. The van der Waals surface area contributed by atoms with Crippen LogP contribution in [-0.2, 0) is 14.2 Å². The molecular weight excluding hydrogens is 120 g/mol. The Bertz CT molecular complexity index is 94.5. The first-order valence-corrected chi connectivity index (χ1v) is 3.30. The van der Waals surface area contributed by atoms with Crippen molar-refractivity contribution in [2.45, 2.75) is 18.8 Å². The van der Waals surface area contributed by atoms with Crippen LogP contribution in [0.4, 0.5) is 0 Å². The number of hydrogen-bond acceptors (Lipinski definition) is 3. The van der Waals surface area contributed by atoms with E-state index in [9.17, 15) is 0 Å². The Morgan fingerprint density at radius 3 is 2.33 bits per heavy atom. The predicted molar refractivity (Wildman–Crippen MR) is 30.0 cm³/mol. The van der Waals surface area contributed by atoms with E-state index in [4.69, 9.17) is 14.2 Å². The van der Waals surface area contributed by atoms with E-state index in [1.165, 1.54) is 0 Å². The van der Waals surface area contributed by atoms with Crippen molar-refractivity contribution in [3.05, 3.63) is 0 Å². The molecule has 2 aliphatic heterocycles. The van der Waals surface area contributed by atoms with Crippen LogP contribution in [0.2, 0.25) is 0 Å². The fourth-order valence-corrected chi connectivity index (χ4v) is 0.962. The highest BCUT2D eigenvalue weighted by Gasteiger charge is 2.29. The highest BCUT2D eigenvalue weighted by Crippen LogP contribution is 2.19. The lowest BCUT2D eigenvalue weighted by molar-refractivity contribution is -0.0505. The molecule has 2 fully saturated rings. The van der Waals surface area contributed by atoms with Gasteiger partial charge in [0.2, 0.25) is 0 Å². The zero-order chi connectivity index (χ0) is 6.10. The lowest BCUT2D eigenvalue weighted by atomic mass is 10.3. The van der Waals surface area contributed by atoms with Gasteiger partial charge in [-0.25, -0.2) is 0 Å². The van der Waals surface area contributed by atoms with E-state index in [1.807, 2.05) is 0 Å². The standard InChI is InChI=1S/C6H10O3/c1-2-8-6(7-1)3-5-4-9-5/h5-6H,1-4H2. The normalized spacial score (nSPS) is 35.3. The van der Waals surface area contributed by atoms with Gasteiger partial charge in [-0.1, -0.05) is 0 Å². The Morgan fingerprint density at radius 2 is 1.78 bits per heavy atom. The highest BCUT2D eigenvalue weighted by atomic mass is 16.7. The second-order valence-corrected chi connectivity index (χ2v) is 2.36. The molecule has 0 radical (unpaired) electrons. The van der Waals surface area contributed by atoms with Crippen LogP contribution in [0.3, 0.4) is 0 Å². The number of ether oxygens (including phenoxy) is 3. The molecule has 0 aromatic rings. The monoisotopic (exact) mass is 130 g/mol. The summed E-state index contributed by atoms with van der Waals surface area (Å²) < 4.78 is 15.4. The van der Waals surface area contributed by atoms with Gasteiger partial charge in [-0.3, -0.25) is 0 Å². The fraction of sp³-hybridized carbons (Fsp3) is 1.00. The summed E-state index contributed by atoms with van der Waals surface area (Å²) >= 11 is 0. The van der Waals surface area contributed by atoms with Crippen molar-refractivity contribution >= 4 is 0 Å². The summed E-state index contributed by atoms with van der Waals surface area (Å²) in [7, 11) is 0. The predicted octanol–water partition coefficient (Wildman–Crippen LogP) is 0.148. The molecule has 0 aromatic carbocycles. The van der Waals surface area contributed by atoms with Crippen molar-refractivity contribution in [2.75, 3.05) is 19.8 Å². The first kappa shape index (κ1) is 5.65. The molecule has 3 heteroatoms. The smallest absolute Gasteiger partial charge is 0.160 e. The van der Waals surface area contributed by atoms with Crippen molar-refractivity contribution < 1.29 is 14.2 Å². The largest absolute Gasteiger partial charge is 0.373 e.